The van der Waals surface area contributed by atoms with Crippen LogP contribution in [-0.4, -0.2) is 43.9 Å². The maximum absolute atomic E-state index is 12.9. The molecule has 0 bridgehead atoms. The monoisotopic (exact) mass is 486 g/mol. The van der Waals surface area contributed by atoms with Crippen molar-refractivity contribution < 1.29 is 23.9 Å². The van der Waals surface area contributed by atoms with E-state index in [1.165, 1.54) is 4.90 Å². The summed E-state index contributed by atoms with van der Waals surface area (Å²) in [6, 6.07) is 22.4. The molecule has 2 amide bonds. The molecule has 7 nitrogen and oxygen atoms in total. The molecule has 4 rings (SSSR count). The summed E-state index contributed by atoms with van der Waals surface area (Å²) in [4.78, 5) is 39.4. The summed E-state index contributed by atoms with van der Waals surface area (Å²) in [6.07, 6.45) is 0.693. The van der Waals surface area contributed by atoms with Crippen LogP contribution in [0.5, 0.6) is 11.5 Å². The fourth-order valence-corrected chi connectivity index (χ4v) is 3.94. The Hall–Kier alpha value is -4.13. The number of carbonyl (C=O) groups is 3. The van der Waals surface area contributed by atoms with E-state index in [9.17, 15) is 14.4 Å². The predicted molar refractivity (Wildman–Crippen MR) is 138 cm³/mol. The normalized spacial score (nSPS) is 12.6. The minimum atomic E-state index is -0.341. The van der Waals surface area contributed by atoms with Crippen LogP contribution in [0.1, 0.15) is 41.3 Å². The molecular weight excluding hydrogens is 456 g/mol. The van der Waals surface area contributed by atoms with Crippen molar-refractivity contribution in [1.29, 1.82) is 0 Å². The van der Waals surface area contributed by atoms with E-state index in [4.69, 9.17) is 9.47 Å². The number of rotatable bonds is 10. The predicted octanol–water partition coefficient (Wildman–Crippen LogP) is 4.16. The third-order valence-electron chi connectivity index (χ3n) is 6.00. The Morgan fingerprint density at radius 3 is 2.61 bits per heavy atom. The molecule has 3 aromatic carbocycles. The SMILES string of the molecule is CC(C)c1cccc(OCC(=O)c2ccc3c(c2)N(CC(=O)NCCc2ccccc2)C(=O)CO3)c1. The smallest absolute Gasteiger partial charge is 0.265 e. The number of Topliss-reactive ketones (excluding diaryl/α,β-unsaturated/α-hetero) is 1. The second-order valence-electron chi connectivity index (χ2n) is 8.98. The van der Waals surface area contributed by atoms with Gasteiger partial charge in [-0.2, -0.15) is 0 Å². The molecule has 3 aromatic rings. The van der Waals surface area contributed by atoms with Gasteiger partial charge in [0.1, 0.15) is 18.0 Å². The lowest BCUT2D eigenvalue weighted by Gasteiger charge is -2.29. The lowest BCUT2D eigenvalue weighted by molar-refractivity contribution is -0.125. The molecule has 36 heavy (non-hydrogen) atoms. The van der Waals surface area contributed by atoms with Gasteiger partial charge in [0.05, 0.1) is 5.69 Å². The van der Waals surface area contributed by atoms with Gasteiger partial charge in [-0.1, -0.05) is 56.3 Å². The molecule has 1 aliphatic heterocycles. The molecule has 1 N–H and O–H groups in total. The van der Waals surface area contributed by atoms with E-state index in [1.54, 1.807) is 18.2 Å². The largest absolute Gasteiger partial charge is 0.485 e. The van der Waals surface area contributed by atoms with Crippen LogP contribution in [0, 0.1) is 0 Å². The number of benzene rings is 3. The first-order valence-corrected chi connectivity index (χ1v) is 12.0. The van der Waals surface area contributed by atoms with Gasteiger partial charge in [0, 0.05) is 12.1 Å². The molecule has 0 saturated heterocycles. The van der Waals surface area contributed by atoms with Crippen molar-refractivity contribution in [2.75, 3.05) is 31.2 Å². The molecule has 0 spiro atoms. The molecule has 186 valence electrons. The minimum Gasteiger partial charge on any atom is -0.485 e. The second-order valence-corrected chi connectivity index (χ2v) is 8.98. The van der Waals surface area contributed by atoms with Crippen molar-refractivity contribution in [1.82, 2.24) is 5.32 Å². The van der Waals surface area contributed by atoms with Crippen LogP contribution in [0.25, 0.3) is 0 Å². The van der Waals surface area contributed by atoms with E-state index >= 15 is 0 Å². The van der Waals surface area contributed by atoms with Crippen LogP contribution in [-0.2, 0) is 16.0 Å². The average molecular weight is 487 g/mol. The molecule has 7 heteroatoms. The van der Waals surface area contributed by atoms with Gasteiger partial charge in [-0.25, -0.2) is 0 Å². The molecule has 1 aliphatic rings. The van der Waals surface area contributed by atoms with Crippen molar-refractivity contribution >= 4 is 23.3 Å². The van der Waals surface area contributed by atoms with Gasteiger partial charge in [-0.05, 0) is 53.8 Å². The van der Waals surface area contributed by atoms with Crippen molar-refractivity contribution in [2.24, 2.45) is 0 Å². The Balaban J connectivity index is 1.39. The first-order chi connectivity index (χ1) is 17.4. The van der Waals surface area contributed by atoms with Crippen LogP contribution in [0.15, 0.2) is 72.8 Å². The van der Waals surface area contributed by atoms with Crippen molar-refractivity contribution in [3.05, 3.63) is 89.5 Å². The lowest BCUT2D eigenvalue weighted by atomic mass is 10.0. The number of nitrogens with one attached hydrogen (secondary N) is 1. The Labute approximate surface area is 211 Å². The van der Waals surface area contributed by atoms with Gasteiger partial charge >= 0.3 is 0 Å². The van der Waals surface area contributed by atoms with Crippen molar-refractivity contribution in [2.45, 2.75) is 26.2 Å². The second kappa shape index (κ2) is 11.5. The van der Waals surface area contributed by atoms with Gasteiger partial charge in [-0.3, -0.25) is 19.3 Å². The molecule has 0 aliphatic carbocycles. The highest BCUT2D eigenvalue weighted by Crippen LogP contribution is 2.33. The van der Waals surface area contributed by atoms with Gasteiger partial charge < -0.3 is 14.8 Å². The van der Waals surface area contributed by atoms with E-state index in [0.717, 1.165) is 11.1 Å². The summed E-state index contributed by atoms with van der Waals surface area (Å²) >= 11 is 0. The third kappa shape index (κ3) is 6.30. The Bertz CT molecular complexity index is 1240. The summed E-state index contributed by atoms with van der Waals surface area (Å²) < 4.78 is 11.2. The van der Waals surface area contributed by atoms with Crippen molar-refractivity contribution in [3.8, 4) is 11.5 Å². The molecule has 0 aromatic heterocycles. The fraction of sp³-hybridized carbons (Fsp3) is 0.276. The Kier molecular flexibility index (Phi) is 8.00. The van der Waals surface area contributed by atoms with Gasteiger partial charge in [0.2, 0.25) is 5.91 Å². The van der Waals surface area contributed by atoms with Crippen LogP contribution < -0.4 is 19.7 Å². The highest BCUT2D eigenvalue weighted by atomic mass is 16.5. The quantitative estimate of drug-likeness (QED) is 0.435. The summed E-state index contributed by atoms with van der Waals surface area (Å²) in [6.45, 7) is 4.19. The number of ether oxygens (including phenoxy) is 2. The molecule has 0 saturated carbocycles. The molecule has 0 atom stereocenters. The van der Waals surface area contributed by atoms with Crippen LogP contribution in [0.4, 0.5) is 5.69 Å². The van der Waals surface area contributed by atoms with Crippen LogP contribution in [0.2, 0.25) is 0 Å². The third-order valence-corrected chi connectivity index (χ3v) is 6.00. The van der Waals surface area contributed by atoms with Crippen LogP contribution in [0.3, 0.4) is 0 Å². The fourth-order valence-electron chi connectivity index (χ4n) is 3.94. The first-order valence-electron chi connectivity index (χ1n) is 12.0. The summed E-state index contributed by atoms with van der Waals surface area (Å²) in [5.41, 5.74) is 3.02. The number of hydrogen-bond acceptors (Lipinski definition) is 5. The Morgan fingerprint density at radius 2 is 1.83 bits per heavy atom. The molecule has 0 fully saturated rings. The molecule has 0 radical (unpaired) electrons. The topological polar surface area (TPSA) is 84.9 Å². The first kappa shape index (κ1) is 25.0. The standard InChI is InChI=1S/C29H30N2O5/c1-20(2)22-9-6-10-24(15-22)35-18-26(32)23-11-12-27-25(16-23)31(29(34)19-36-27)17-28(33)30-14-13-21-7-4-3-5-8-21/h3-12,15-16,20H,13-14,17-19H2,1-2H3,(H,30,33). The number of ketones is 1. The zero-order valence-corrected chi connectivity index (χ0v) is 20.5. The number of carbonyl (C=O) groups excluding carboxylic acids is 3. The van der Waals surface area contributed by atoms with Gasteiger partial charge in [0.15, 0.2) is 19.0 Å². The number of fused-ring (bicyclic) bond motifs is 1. The Morgan fingerprint density at radius 1 is 1.03 bits per heavy atom. The van der Waals surface area contributed by atoms with Crippen molar-refractivity contribution in [3.63, 3.8) is 0 Å². The van der Waals surface area contributed by atoms with E-state index < -0.39 is 0 Å². The number of hydrogen-bond donors (Lipinski definition) is 1. The van der Waals surface area contributed by atoms with Crippen LogP contribution >= 0.6 is 0 Å². The summed E-state index contributed by atoms with van der Waals surface area (Å²) in [5, 5.41) is 2.86. The number of amides is 2. The number of nitrogens with zero attached hydrogens (tertiary/aromatic N) is 1. The summed E-state index contributed by atoms with van der Waals surface area (Å²) in [7, 11) is 0. The van der Waals surface area contributed by atoms with E-state index in [2.05, 4.69) is 19.2 Å². The summed E-state index contributed by atoms with van der Waals surface area (Å²) in [5.74, 6) is 0.569. The minimum absolute atomic E-state index is 0.144. The van der Waals surface area contributed by atoms with E-state index in [1.807, 2.05) is 54.6 Å². The maximum Gasteiger partial charge on any atom is 0.265 e. The maximum atomic E-state index is 12.9. The zero-order valence-electron chi connectivity index (χ0n) is 20.5. The lowest BCUT2D eigenvalue weighted by Crippen LogP contribution is -2.45. The zero-order chi connectivity index (χ0) is 25.5. The average Bonchev–Trinajstić information content (AvgIpc) is 2.89. The van der Waals surface area contributed by atoms with E-state index in [-0.39, 0.29) is 37.4 Å². The van der Waals surface area contributed by atoms with E-state index in [0.29, 0.717) is 41.6 Å². The molecule has 0 unspecified atom stereocenters. The molecule has 1 heterocycles. The van der Waals surface area contributed by atoms with Gasteiger partial charge in [-0.15, -0.1) is 0 Å². The number of anilines is 1. The van der Waals surface area contributed by atoms with Gasteiger partial charge in [0.25, 0.3) is 5.91 Å². The highest BCUT2D eigenvalue weighted by molar-refractivity contribution is 6.04. The molecular formula is C29H30N2O5. The highest BCUT2D eigenvalue weighted by Gasteiger charge is 2.28.